The molecule has 214 valence electrons. The number of hydrogen-bond acceptors (Lipinski definition) is 2. The van der Waals surface area contributed by atoms with Crippen molar-refractivity contribution in [1.82, 2.24) is 0 Å². The lowest BCUT2D eigenvalue weighted by Crippen LogP contribution is -1.87. The number of benzene rings is 7. The van der Waals surface area contributed by atoms with Crippen LogP contribution in [0.1, 0.15) is 11.1 Å². The van der Waals surface area contributed by atoms with Crippen LogP contribution in [0.4, 0.5) is 0 Å². The summed E-state index contributed by atoms with van der Waals surface area (Å²) < 4.78 is 0. The fraction of sp³-hybridized carbons (Fsp3) is 0. The Labute approximate surface area is 269 Å². The first kappa shape index (κ1) is 28.3. The summed E-state index contributed by atoms with van der Waals surface area (Å²) in [5.41, 5.74) is 14.5. The first-order valence-electron chi connectivity index (χ1n) is 15.2. The van der Waals surface area contributed by atoms with Gasteiger partial charge >= 0.3 is 0 Å². The summed E-state index contributed by atoms with van der Waals surface area (Å²) in [6.07, 6.45) is 0. The molecule has 2 heteroatoms. The second kappa shape index (κ2) is 12.6. The van der Waals surface area contributed by atoms with Gasteiger partial charge in [-0.25, -0.2) is 0 Å². The van der Waals surface area contributed by atoms with Gasteiger partial charge < -0.3 is 0 Å². The molecule has 7 aromatic rings. The molecule has 2 nitrogen and oxygen atoms in total. The van der Waals surface area contributed by atoms with Crippen molar-refractivity contribution < 1.29 is 0 Å². The van der Waals surface area contributed by atoms with Crippen LogP contribution in [0, 0.1) is 22.7 Å². The van der Waals surface area contributed by atoms with Crippen molar-refractivity contribution in [1.29, 1.82) is 10.5 Å². The Morgan fingerprint density at radius 2 is 0.543 bits per heavy atom. The van der Waals surface area contributed by atoms with E-state index >= 15 is 0 Å². The Hall–Kier alpha value is -6.48. The van der Waals surface area contributed by atoms with Gasteiger partial charge in [-0.2, -0.15) is 10.5 Å². The van der Waals surface area contributed by atoms with E-state index in [2.05, 4.69) is 140 Å². The molecule has 0 N–H and O–H groups in total. The Balaban J connectivity index is 1.16. The normalized spacial score (nSPS) is 10.6. The third-order valence-electron chi connectivity index (χ3n) is 8.34. The lowest BCUT2D eigenvalue weighted by atomic mass is 9.93. The fourth-order valence-electron chi connectivity index (χ4n) is 5.86. The van der Waals surface area contributed by atoms with E-state index < -0.39 is 0 Å². The summed E-state index contributed by atoms with van der Waals surface area (Å²) in [5.74, 6) is 0. The maximum Gasteiger partial charge on any atom is 0.0992 e. The van der Waals surface area contributed by atoms with Crippen molar-refractivity contribution in [3.8, 4) is 78.9 Å². The summed E-state index contributed by atoms with van der Waals surface area (Å²) in [5, 5.41) is 19.0. The minimum atomic E-state index is 0.629. The van der Waals surface area contributed by atoms with Crippen molar-refractivity contribution in [2.24, 2.45) is 0 Å². The summed E-state index contributed by atoms with van der Waals surface area (Å²) >= 11 is 0. The predicted octanol–water partition coefficient (Wildman–Crippen LogP) is 11.4. The monoisotopic (exact) mass is 584 g/mol. The lowest BCUT2D eigenvalue weighted by molar-refractivity contribution is 1.47. The minimum Gasteiger partial charge on any atom is -0.192 e. The highest BCUT2D eigenvalue weighted by Gasteiger charge is 2.09. The van der Waals surface area contributed by atoms with Crippen molar-refractivity contribution >= 4 is 0 Å². The Kier molecular flexibility index (Phi) is 7.77. The summed E-state index contributed by atoms with van der Waals surface area (Å²) in [7, 11) is 0. The van der Waals surface area contributed by atoms with E-state index in [9.17, 15) is 5.26 Å². The molecule has 46 heavy (non-hydrogen) atoms. The third-order valence-corrected chi connectivity index (χ3v) is 8.34. The second-order valence-corrected chi connectivity index (χ2v) is 11.3. The smallest absolute Gasteiger partial charge is 0.0992 e. The highest BCUT2D eigenvalue weighted by atomic mass is 14.2. The van der Waals surface area contributed by atoms with Gasteiger partial charge in [0.2, 0.25) is 0 Å². The highest BCUT2D eigenvalue weighted by Crippen LogP contribution is 2.33. The molecule has 0 unspecified atom stereocenters. The predicted molar refractivity (Wildman–Crippen MR) is 188 cm³/mol. The molecule has 0 bridgehead atoms. The van der Waals surface area contributed by atoms with Crippen LogP contribution >= 0.6 is 0 Å². The van der Waals surface area contributed by atoms with E-state index in [1.165, 1.54) is 16.7 Å². The minimum absolute atomic E-state index is 0.629. The van der Waals surface area contributed by atoms with Gasteiger partial charge in [-0.15, -0.1) is 0 Å². The van der Waals surface area contributed by atoms with Crippen molar-refractivity contribution in [3.05, 3.63) is 181 Å². The van der Waals surface area contributed by atoms with Gasteiger partial charge in [0.05, 0.1) is 23.3 Å². The van der Waals surface area contributed by atoms with Gasteiger partial charge in [0.25, 0.3) is 0 Å². The highest BCUT2D eigenvalue weighted by molar-refractivity contribution is 5.80. The topological polar surface area (TPSA) is 47.6 Å². The number of nitriles is 2. The molecule has 0 saturated heterocycles. The van der Waals surface area contributed by atoms with Crippen LogP contribution < -0.4 is 0 Å². The second-order valence-electron chi connectivity index (χ2n) is 11.3. The Morgan fingerprint density at radius 3 is 1.00 bits per heavy atom. The van der Waals surface area contributed by atoms with Gasteiger partial charge in [0, 0.05) is 0 Å². The van der Waals surface area contributed by atoms with Crippen LogP contribution in [0.3, 0.4) is 0 Å². The zero-order valence-electron chi connectivity index (χ0n) is 25.1. The first-order chi connectivity index (χ1) is 22.7. The molecule has 7 aromatic carbocycles. The molecule has 0 amide bonds. The van der Waals surface area contributed by atoms with Gasteiger partial charge in [-0.05, 0) is 109 Å². The lowest BCUT2D eigenvalue weighted by Gasteiger charge is -2.11. The molecule has 0 atom stereocenters. The average Bonchev–Trinajstić information content (AvgIpc) is 3.15. The fourth-order valence-corrected chi connectivity index (χ4v) is 5.86. The third kappa shape index (κ3) is 5.97. The van der Waals surface area contributed by atoms with E-state index in [0.29, 0.717) is 11.1 Å². The zero-order valence-corrected chi connectivity index (χ0v) is 25.1. The molecule has 0 aliphatic carbocycles. The van der Waals surface area contributed by atoms with Gasteiger partial charge in [-0.3, -0.25) is 0 Å². The average molecular weight is 585 g/mol. The Morgan fingerprint density at radius 1 is 0.239 bits per heavy atom. The molecule has 0 aliphatic heterocycles. The molecule has 0 saturated carbocycles. The van der Waals surface area contributed by atoms with E-state index in [0.717, 1.165) is 50.1 Å². The molecule has 0 heterocycles. The van der Waals surface area contributed by atoms with Crippen molar-refractivity contribution in [3.63, 3.8) is 0 Å². The number of rotatable bonds is 6. The summed E-state index contributed by atoms with van der Waals surface area (Å²) in [4.78, 5) is 0. The van der Waals surface area contributed by atoms with Crippen LogP contribution in [0.2, 0.25) is 0 Å². The molecule has 0 fully saturated rings. The van der Waals surface area contributed by atoms with Gasteiger partial charge in [0.1, 0.15) is 0 Å². The number of hydrogen-bond donors (Lipinski definition) is 0. The van der Waals surface area contributed by atoms with E-state index in [-0.39, 0.29) is 0 Å². The first-order valence-corrected chi connectivity index (χ1v) is 15.2. The van der Waals surface area contributed by atoms with Crippen molar-refractivity contribution in [2.75, 3.05) is 0 Å². The maximum atomic E-state index is 9.91. The Bertz CT molecular complexity index is 2230. The van der Waals surface area contributed by atoms with Crippen molar-refractivity contribution in [2.45, 2.75) is 0 Å². The molecule has 0 radical (unpaired) electrons. The quantitative estimate of drug-likeness (QED) is 0.195. The van der Waals surface area contributed by atoms with Crippen LogP contribution in [0.15, 0.2) is 170 Å². The SMILES string of the molecule is N#Cc1ccc(-c2ccc(-c3cccc(-c4cc(C#N)cc(-c5ccc(-c6cccc(-c7ccccc7)c6)cc5)c4)c3)cc2)cc1. The van der Waals surface area contributed by atoms with Gasteiger partial charge in [-0.1, -0.05) is 127 Å². The van der Waals surface area contributed by atoms with E-state index in [1.54, 1.807) is 0 Å². The van der Waals surface area contributed by atoms with Crippen LogP contribution in [0.25, 0.3) is 66.8 Å². The van der Waals surface area contributed by atoms with Gasteiger partial charge in [0.15, 0.2) is 0 Å². The van der Waals surface area contributed by atoms with Crippen LogP contribution in [0.5, 0.6) is 0 Å². The van der Waals surface area contributed by atoms with E-state index in [1.807, 2.05) is 42.5 Å². The van der Waals surface area contributed by atoms with E-state index in [4.69, 9.17) is 5.26 Å². The molecule has 0 aliphatic rings. The maximum absolute atomic E-state index is 9.91. The zero-order chi connectivity index (χ0) is 31.3. The summed E-state index contributed by atoms with van der Waals surface area (Å²) in [6, 6.07) is 62.8. The standard InChI is InChI=1S/C44H28N2/c45-29-31-12-14-34(15-13-31)35-16-18-36(19-17-35)41-10-5-11-42(27-41)44-25-32(30-46)24-43(28-44)38-22-20-37(21-23-38)40-9-4-8-39(26-40)33-6-2-1-3-7-33/h1-28H. The molecule has 0 spiro atoms. The molecule has 0 aromatic heterocycles. The largest absolute Gasteiger partial charge is 0.192 e. The summed E-state index contributed by atoms with van der Waals surface area (Å²) in [6.45, 7) is 0. The molecule has 7 rings (SSSR count). The molecular weight excluding hydrogens is 556 g/mol. The van der Waals surface area contributed by atoms with Crippen LogP contribution in [-0.4, -0.2) is 0 Å². The molecular formula is C44H28N2. The number of nitrogens with zero attached hydrogens (tertiary/aromatic N) is 2. The van der Waals surface area contributed by atoms with Crippen LogP contribution in [-0.2, 0) is 0 Å².